The van der Waals surface area contributed by atoms with Crippen LogP contribution in [0.4, 0.5) is 13.2 Å². The van der Waals surface area contributed by atoms with Gasteiger partial charge < -0.3 is 10.2 Å². The summed E-state index contributed by atoms with van der Waals surface area (Å²) in [6.45, 7) is 2.18. The van der Waals surface area contributed by atoms with Crippen LogP contribution in [0, 0.1) is 0 Å². The van der Waals surface area contributed by atoms with Crippen molar-refractivity contribution < 1.29 is 13.2 Å². The molecule has 0 amide bonds. The Balaban J connectivity index is 1.75. The zero-order valence-corrected chi connectivity index (χ0v) is 14.9. The standard InChI is InChI=1S/C17H17F3N5S/c1-2-3-4-5-6-11-7-8-13(26-11)16-22-10-21-15(23-16)12-9-14(25-24-12)17(18,19)20/h7-10H,2-6H2,1H3/q-1. The molecule has 0 aromatic carbocycles. The van der Waals surface area contributed by atoms with Gasteiger partial charge in [0, 0.05) is 4.88 Å². The van der Waals surface area contributed by atoms with E-state index in [0.717, 1.165) is 23.8 Å². The Labute approximate surface area is 152 Å². The molecule has 0 saturated heterocycles. The molecule has 0 aliphatic heterocycles. The van der Waals surface area contributed by atoms with Crippen LogP contribution in [-0.2, 0) is 12.6 Å². The summed E-state index contributed by atoms with van der Waals surface area (Å²) in [7, 11) is 0. The second kappa shape index (κ2) is 7.94. The minimum Gasteiger partial charge on any atom is -0.572 e. The molecule has 0 N–H and O–H groups in total. The summed E-state index contributed by atoms with van der Waals surface area (Å²) >= 11 is 1.59. The quantitative estimate of drug-likeness (QED) is 0.553. The van der Waals surface area contributed by atoms with Crippen molar-refractivity contribution in [1.82, 2.24) is 25.1 Å². The molecule has 3 aromatic rings. The van der Waals surface area contributed by atoms with E-state index in [1.54, 1.807) is 11.3 Å². The molecule has 138 valence electrons. The summed E-state index contributed by atoms with van der Waals surface area (Å²) < 4.78 is 38.0. The topological polar surface area (TPSA) is 65.7 Å². The molecule has 3 aromatic heterocycles. The van der Waals surface area contributed by atoms with E-state index in [9.17, 15) is 13.2 Å². The van der Waals surface area contributed by atoms with Crippen molar-refractivity contribution in [3.63, 3.8) is 0 Å². The molecule has 5 nitrogen and oxygen atoms in total. The molecule has 3 heterocycles. The summed E-state index contributed by atoms with van der Waals surface area (Å²) in [6, 6.07) is 4.81. The van der Waals surface area contributed by atoms with Gasteiger partial charge in [-0.25, -0.2) is 15.0 Å². The summed E-state index contributed by atoms with van der Waals surface area (Å²) in [4.78, 5) is 14.4. The molecule has 9 heteroatoms. The van der Waals surface area contributed by atoms with Gasteiger partial charge in [0.25, 0.3) is 0 Å². The van der Waals surface area contributed by atoms with E-state index in [0.29, 0.717) is 5.82 Å². The predicted octanol–water partition coefficient (Wildman–Crippen LogP) is 4.76. The molecule has 0 spiro atoms. The number of unbranched alkanes of at least 4 members (excludes halogenated alkanes) is 3. The highest BCUT2D eigenvalue weighted by Gasteiger charge is 2.31. The maximum atomic E-state index is 12.7. The SMILES string of the molecule is CCCCCCc1ccc(-c2ncnc(-c3cc(C(F)(F)F)n[n-]3)n2)s1. The normalized spacial score (nSPS) is 11.8. The van der Waals surface area contributed by atoms with Crippen molar-refractivity contribution in [3.05, 3.63) is 35.1 Å². The number of halogens is 3. The summed E-state index contributed by atoms with van der Waals surface area (Å²) in [5.41, 5.74) is -1.07. The van der Waals surface area contributed by atoms with E-state index < -0.39 is 11.9 Å². The number of rotatable bonds is 7. The molecule has 26 heavy (non-hydrogen) atoms. The molecular formula is C17H17F3N5S-. The van der Waals surface area contributed by atoms with Crippen molar-refractivity contribution >= 4 is 11.3 Å². The van der Waals surface area contributed by atoms with Crippen LogP contribution in [0.1, 0.15) is 43.2 Å². The predicted molar refractivity (Wildman–Crippen MR) is 92.5 cm³/mol. The fourth-order valence-corrected chi connectivity index (χ4v) is 3.43. The van der Waals surface area contributed by atoms with E-state index in [2.05, 4.69) is 32.1 Å². The average molecular weight is 380 g/mol. The van der Waals surface area contributed by atoms with Gasteiger partial charge in [-0.1, -0.05) is 31.9 Å². The Kier molecular flexibility index (Phi) is 5.65. The minimum absolute atomic E-state index is 0.0164. The molecule has 0 radical (unpaired) electrons. The molecule has 0 atom stereocenters. The van der Waals surface area contributed by atoms with Crippen molar-refractivity contribution in [1.29, 1.82) is 0 Å². The largest absolute Gasteiger partial charge is 0.572 e. The lowest BCUT2D eigenvalue weighted by Gasteiger charge is -2.04. The van der Waals surface area contributed by atoms with Crippen LogP contribution in [0.3, 0.4) is 0 Å². The molecule has 0 saturated carbocycles. The van der Waals surface area contributed by atoms with Gasteiger partial charge in [0.2, 0.25) is 0 Å². The highest BCUT2D eigenvalue weighted by molar-refractivity contribution is 7.15. The highest BCUT2D eigenvalue weighted by Crippen LogP contribution is 2.30. The lowest BCUT2D eigenvalue weighted by molar-refractivity contribution is -0.141. The third kappa shape index (κ3) is 4.46. The van der Waals surface area contributed by atoms with Gasteiger partial charge in [-0.2, -0.15) is 13.2 Å². The number of hydrogen-bond acceptors (Lipinski definition) is 5. The number of nitrogens with zero attached hydrogens (tertiary/aromatic N) is 5. The maximum absolute atomic E-state index is 12.7. The van der Waals surface area contributed by atoms with Crippen molar-refractivity contribution in [3.8, 4) is 22.2 Å². The van der Waals surface area contributed by atoms with E-state index in [1.165, 1.54) is 30.5 Å². The van der Waals surface area contributed by atoms with E-state index in [4.69, 9.17) is 0 Å². The van der Waals surface area contributed by atoms with Gasteiger partial charge in [0.1, 0.15) is 17.8 Å². The van der Waals surface area contributed by atoms with Crippen LogP contribution in [-0.4, -0.2) is 20.1 Å². The minimum atomic E-state index is -4.54. The summed E-state index contributed by atoms with van der Waals surface area (Å²) in [5.74, 6) is 0.507. The maximum Gasteiger partial charge on any atom is 0.431 e. The number of alkyl halides is 3. The van der Waals surface area contributed by atoms with Crippen LogP contribution in [0.25, 0.3) is 22.2 Å². The Morgan fingerprint density at radius 3 is 2.62 bits per heavy atom. The van der Waals surface area contributed by atoms with E-state index in [1.807, 2.05) is 12.1 Å². The van der Waals surface area contributed by atoms with Gasteiger partial charge in [-0.15, -0.1) is 11.3 Å². The van der Waals surface area contributed by atoms with Crippen LogP contribution in [0.2, 0.25) is 0 Å². The van der Waals surface area contributed by atoms with Crippen LogP contribution >= 0.6 is 11.3 Å². The molecule has 0 unspecified atom stereocenters. The zero-order chi connectivity index (χ0) is 18.6. The molecule has 0 fully saturated rings. The fourth-order valence-electron chi connectivity index (χ4n) is 2.44. The Morgan fingerprint density at radius 2 is 1.88 bits per heavy atom. The smallest absolute Gasteiger partial charge is 0.431 e. The monoisotopic (exact) mass is 380 g/mol. The zero-order valence-electron chi connectivity index (χ0n) is 14.1. The van der Waals surface area contributed by atoms with Gasteiger partial charge >= 0.3 is 6.18 Å². The average Bonchev–Trinajstić information content (AvgIpc) is 3.28. The number of aromatic nitrogens is 5. The van der Waals surface area contributed by atoms with Crippen LogP contribution < -0.4 is 5.10 Å². The van der Waals surface area contributed by atoms with Gasteiger partial charge in [-0.05, 0) is 31.0 Å². The van der Waals surface area contributed by atoms with Crippen molar-refractivity contribution in [2.75, 3.05) is 0 Å². The van der Waals surface area contributed by atoms with Gasteiger partial charge in [-0.3, -0.25) is 0 Å². The van der Waals surface area contributed by atoms with Gasteiger partial charge in [0.15, 0.2) is 5.82 Å². The third-order valence-corrected chi connectivity index (χ3v) is 4.93. The van der Waals surface area contributed by atoms with Gasteiger partial charge in [0.05, 0.1) is 4.88 Å². The lowest BCUT2D eigenvalue weighted by atomic mass is 10.1. The second-order valence-corrected chi connectivity index (χ2v) is 6.99. The fraction of sp³-hybridized carbons (Fsp3) is 0.412. The first kappa shape index (κ1) is 18.5. The summed E-state index contributed by atoms with van der Waals surface area (Å²) in [6.07, 6.45) is 2.52. The van der Waals surface area contributed by atoms with E-state index >= 15 is 0 Å². The van der Waals surface area contributed by atoms with Crippen molar-refractivity contribution in [2.24, 2.45) is 0 Å². The first-order valence-corrected chi connectivity index (χ1v) is 9.15. The Hall–Kier alpha value is -2.29. The molecule has 0 aliphatic rings. The first-order valence-electron chi connectivity index (χ1n) is 8.33. The van der Waals surface area contributed by atoms with Crippen LogP contribution in [0.5, 0.6) is 0 Å². The number of thiophene rings is 1. The molecular weight excluding hydrogens is 363 g/mol. The molecule has 0 bridgehead atoms. The third-order valence-electron chi connectivity index (χ3n) is 3.79. The molecule has 3 rings (SSSR count). The first-order chi connectivity index (χ1) is 12.5. The number of hydrogen-bond donors (Lipinski definition) is 0. The molecule has 0 aliphatic carbocycles. The second-order valence-electron chi connectivity index (χ2n) is 5.82. The van der Waals surface area contributed by atoms with Crippen LogP contribution in [0.15, 0.2) is 24.5 Å². The Bertz CT molecular complexity index is 856. The highest BCUT2D eigenvalue weighted by atomic mass is 32.1. The lowest BCUT2D eigenvalue weighted by Crippen LogP contribution is -2.05. The summed E-state index contributed by atoms with van der Waals surface area (Å²) in [5, 5.41) is 6.68. The van der Waals surface area contributed by atoms with Crippen molar-refractivity contribution in [2.45, 2.75) is 45.2 Å². The Morgan fingerprint density at radius 1 is 1.08 bits per heavy atom. The number of aryl methyl sites for hydroxylation is 1. The van der Waals surface area contributed by atoms with E-state index in [-0.39, 0.29) is 11.5 Å².